The third-order valence-corrected chi connectivity index (χ3v) is 5.90. The summed E-state index contributed by atoms with van der Waals surface area (Å²) in [5, 5.41) is 12.8. The second-order valence-electron chi connectivity index (χ2n) is 8.54. The minimum atomic E-state index is -0.0361. The number of carbonyl (C=O) groups excluding carboxylic acids is 1. The van der Waals surface area contributed by atoms with Crippen LogP contribution in [0.4, 0.5) is 0 Å². The molecule has 2 aromatic carbocycles. The zero-order chi connectivity index (χ0) is 24.9. The van der Waals surface area contributed by atoms with E-state index in [9.17, 15) is 4.79 Å². The highest BCUT2D eigenvalue weighted by Crippen LogP contribution is 2.22. The lowest BCUT2D eigenvalue weighted by atomic mass is 10.1. The number of hydrogen-bond donors (Lipinski definition) is 0. The summed E-state index contributed by atoms with van der Waals surface area (Å²) < 4.78 is 16.8. The van der Waals surface area contributed by atoms with E-state index in [0.29, 0.717) is 29.2 Å². The van der Waals surface area contributed by atoms with E-state index in [1.54, 1.807) is 17.0 Å². The molecule has 182 valence electrons. The molecule has 0 atom stereocenters. The minimum Gasteiger partial charge on any atom is -0.489 e. The molecule has 0 aliphatic heterocycles. The number of ether oxygens (including phenoxy) is 1. The fourth-order valence-corrected chi connectivity index (χ4v) is 3.70. The van der Waals surface area contributed by atoms with Crippen molar-refractivity contribution in [2.75, 3.05) is 0 Å². The Hall–Kier alpha value is -3.65. The van der Waals surface area contributed by atoms with E-state index in [1.165, 1.54) is 0 Å². The summed E-state index contributed by atoms with van der Waals surface area (Å²) in [6.45, 7) is 8.27. The van der Waals surface area contributed by atoms with Crippen molar-refractivity contribution in [3.8, 4) is 17.2 Å². The van der Waals surface area contributed by atoms with Gasteiger partial charge in [-0.3, -0.25) is 4.79 Å². The Kier molecular flexibility index (Phi) is 7.51. The number of amides is 1. The van der Waals surface area contributed by atoms with Gasteiger partial charge in [0.2, 0.25) is 17.7 Å². The van der Waals surface area contributed by atoms with Crippen molar-refractivity contribution in [3.63, 3.8) is 0 Å². The Morgan fingerprint density at radius 2 is 1.77 bits per heavy atom. The maximum absolute atomic E-state index is 13.1. The Bertz CT molecular complexity index is 1260. The number of benzene rings is 2. The molecule has 0 radical (unpaired) electrons. The van der Waals surface area contributed by atoms with Gasteiger partial charge in [-0.15, -0.1) is 10.2 Å². The molecule has 8 nitrogen and oxygen atoms in total. The smallest absolute Gasteiger partial charge is 0.247 e. The summed E-state index contributed by atoms with van der Waals surface area (Å²) >= 11 is 5.94. The van der Waals surface area contributed by atoms with Crippen LogP contribution in [0.2, 0.25) is 5.02 Å². The average Bonchev–Trinajstić information content (AvgIpc) is 3.43. The molecule has 4 rings (SSSR count). The zero-order valence-corrected chi connectivity index (χ0v) is 20.9. The summed E-state index contributed by atoms with van der Waals surface area (Å²) in [7, 11) is 0. The maximum Gasteiger partial charge on any atom is 0.247 e. The molecule has 0 aliphatic rings. The average molecular weight is 495 g/mol. The molecule has 9 heteroatoms. The standard InChI is InChI=1S/C26H27ClN4O4/c1-16(2)31(14-24-28-29-26(34-24)20-7-9-21(27)10-8-20)25(32)13-19-5-11-22(12-6-19)33-15-23-17(3)30-35-18(23)4/h5-12,16H,13-15H2,1-4H3. The Labute approximate surface area is 208 Å². The van der Waals surface area contributed by atoms with Gasteiger partial charge in [-0.2, -0.15) is 0 Å². The molecule has 0 unspecified atom stereocenters. The molecule has 35 heavy (non-hydrogen) atoms. The monoisotopic (exact) mass is 494 g/mol. The highest BCUT2D eigenvalue weighted by atomic mass is 35.5. The summed E-state index contributed by atoms with van der Waals surface area (Å²) in [4.78, 5) is 14.8. The minimum absolute atomic E-state index is 0.0318. The van der Waals surface area contributed by atoms with Crippen LogP contribution in [0.15, 0.2) is 57.5 Å². The number of aromatic nitrogens is 3. The number of aryl methyl sites for hydroxylation is 2. The molecule has 0 fully saturated rings. The molecular formula is C26H27ClN4O4. The zero-order valence-electron chi connectivity index (χ0n) is 20.1. The first-order valence-corrected chi connectivity index (χ1v) is 11.7. The lowest BCUT2D eigenvalue weighted by Crippen LogP contribution is -2.37. The van der Waals surface area contributed by atoms with E-state index in [1.807, 2.05) is 64.1 Å². The van der Waals surface area contributed by atoms with E-state index in [2.05, 4.69) is 15.4 Å². The molecule has 0 saturated heterocycles. The van der Waals surface area contributed by atoms with Gasteiger partial charge < -0.3 is 18.6 Å². The fraction of sp³-hybridized carbons (Fsp3) is 0.308. The van der Waals surface area contributed by atoms with Gasteiger partial charge in [0.1, 0.15) is 18.1 Å². The van der Waals surface area contributed by atoms with Crippen LogP contribution in [0.25, 0.3) is 11.5 Å². The predicted molar refractivity (Wildman–Crippen MR) is 131 cm³/mol. The van der Waals surface area contributed by atoms with Crippen LogP contribution in [0.3, 0.4) is 0 Å². The molecule has 0 bridgehead atoms. The van der Waals surface area contributed by atoms with Crippen molar-refractivity contribution in [2.45, 2.75) is 53.3 Å². The maximum atomic E-state index is 13.1. The van der Waals surface area contributed by atoms with Crippen molar-refractivity contribution in [2.24, 2.45) is 0 Å². The van der Waals surface area contributed by atoms with E-state index < -0.39 is 0 Å². The lowest BCUT2D eigenvalue weighted by Gasteiger charge is -2.25. The topological polar surface area (TPSA) is 94.5 Å². The van der Waals surface area contributed by atoms with Crippen LogP contribution in [0, 0.1) is 13.8 Å². The number of halogens is 1. The third-order valence-electron chi connectivity index (χ3n) is 5.65. The summed E-state index contributed by atoms with van der Waals surface area (Å²) in [5.74, 6) is 2.19. The number of rotatable bonds is 9. The normalized spacial score (nSPS) is 11.1. The highest BCUT2D eigenvalue weighted by Gasteiger charge is 2.21. The molecule has 0 aliphatic carbocycles. The molecule has 2 aromatic heterocycles. The van der Waals surface area contributed by atoms with Crippen LogP contribution < -0.4 is 4.74 Å². The molecule has 0 spiro atoms. The van der Waals surface area contributed by atoms with Crippen molar-refractivity contribution >= 4 is 17.5 Å². The Morgan fingerprint density at radius 1 is 1.06 bits per heavy atom. The number of nitrogens with zero attached hydrogens (tertiary/aromatic N) is 4. The molecule has 0 N–H and O–H groups in total. The van der Waals surface area contributed by atoms with Gasteiger partial charge in [0.05, 0.1) is 24.2 Å². The second kappa shape index (κ2) is 10.7. The van der Waals surface area contributed by atoms with Gasteiger partial charge in [0.25, 0.3) is 0 Å². The third kappa shape index (κ3) is 6.08. The van der Waals surface area contributed by atoms with Gasteiger partial charge in [0.15, 0.2) is 0 Å². The second-order valence-corrected chi connectivity index (χ2v) is 8.97. The quantitative estimate of drug-likeness (QED) is 0.301. The van der Waals surface area contributed by atoms with Crippen molar-refractivity contribution in [1.82, 2.24) is 20.3 Å². The van der Waals surface area contributed by atoms with Gasteiger partial charge in [0, 0.05) is 16.6 Å². The van der Waals surface area contributed by atoms with Crippen LogP contribution in [0.1, 0.15) is 42.3 Å². The number of carbonyl (C=O) groups is 1. The molecule has 0 saturated carbocycles. The van der Waals surface area contributed by atoms with Crippen LogP contribution in [0.5, 0.6) is 5.75 Å². The number of hydrogen-bond acceptors (Lipinski definition) is 7. The Balaban J connectivity index is 1.37. The molecule has 4 aromatic rings. The van der Waals surface area contributed by atoms with Crippen molar-refractivity contribution < 1.29 is 18.5 Å². The summed E-state index contributed by atoms with van der Waals surface area (Å²) in [6.07, 6.45) is 0.251. The van der Waals surface area contributed by atoms with Gasteiger partial charge in [-0.25, -0.2) is 0 Å². The predicted octanol–water partition coefficient (Wildman–Crippen LogP) is 5.55. The summed E-state index contributed by atoms with van der Waals surface area (Å²) in [6, 6.07) is 14.6. The van der Waals surface area contributed by atoms with Crippen LogP contribution >= 0.6 is 11.6 Å². The Morgan fingerprint density at radius 3 is 2.40 bits per heavy atom. The van der Waals surface area contributed by atoms with E-state index in [-0.39, 0.29) is 24.9 Å². The highest BCUT2D eigenvalue weighted by molar-refractivity contribution is 6.30. The van der Waals surface area contributed by atoms with E-state index >= 15 is 0 Å². The van der Waals surface area contributed by atoms with Gasteiger partial charge in [-0.1, -0.05) is 28.9 Å². The lowest BCUT2D eigenvalue weighted by molar-refractivity contribution is -0.133. The van der Waals surface area contributed by atoms with E-state index in [0.717, 1.165) is 28.1 Å². The molecular weight excluding hydrogens is 468 g/mol. The summed E-state index contributed by atoms with van der Waals surface area (Å²) in [5.41, 5.74) is 3.42. The molecule has 1 amide bonds. The largest absolute Gasteiger partial charge is 0.489 e. The first kappa shape index (κ1) is 24.5. The van der Waals surface area contributed by atoms with Crippen molar-refractivity contribution in [1.29, 1.82) is 0 Å². The van der Waals surface area contributed by atoms with Crippen LogP contribution in [-0.2, 0) is 24.4 Å². The SMILES string of the molecule is Cc1noc(C)c1COc1ccc(CC(=O)N(Cc2nnc(-c3ccc(Cl)cc3)o2)C(C)C)cc1. The first-order valence-electron chi connectivity index (χ1n) is 11.3. The van der Waals surface area contributed by atoms with Gasteiger partial charge in [-0.05, 0) is 69.7 Å². The first-order chi connectivity index (χ1) is 16.8. The fourth-order valence-electron chi connectivity index (χ4n) is 3.57. The van der Waals surface area contributed by atoms with Crippen molar-refractivity contribution in [3.05, 3.63) is 82.0 Å². The molecule has 2 heterocycles. The van der Waals surface area contributed by atoms with E-state index in [4.69, 9.17) is 25.3 Å². The van der Waals surface area contributed by atoms with Gasteiger partial charge >= 0.3 is 0 Å². The van der Waals surface area contributed by atoms with Crippen LogP contribution in [-0.4, -0.2) is 32.2 Å².